The van der Waals surface area contributed by atoms with Gasteiger partial charge in [-0.15, -0.1) is 0 Å². The number of carbonyl (C=O) groups is 1. The number of halogens is 1. The molecule has 0 saturated heterocycles. The van der Waals surface area contributed by atoms with Gasteiger partial charge in [0.2, 0.25) is 5.91 Å². The molecule has 1 aromatic carbocycles. The summed E-state index contributed by atoms with van der Waals surface area (Å²) in [6, 6.07) is 7.95. The SMILES string of the molecule is CC(NC1CC1)C(=O)NCc1ccccc1Cl. The van der Waals surface area contributed by atoms with Crippen LogP contribution in [0.5, 0.6) is 0 Å². The van der Waals surface area contributed by atoms with Crippen molar-refractivity contribution in [2.45, 2.75) is 38.4 Å². The molecule has 0 aliphatic heterocycles. The molecule has 1 aliphatic carbocycles. The minimum absolute atomic E-state index is 0.0248. The second-order valence-corrected chi connectivity index (χ2v) is 4.88. The first-order chi connectivity index (χ1) is 8.16. The smallest absolute Gasteiger partial charge is 0.237 e. The first kappa shape index (κ1) is 12.4. The van der Waals surface area contributed by atoms with Crippen LogP contribution < -0.4 is 10.6 Å². The van der Waals surface area contributed by atoms with Gasteiger partial charge in [-0.25, -0.2) is 0 Å². The second kappa shape index (κ2) is 5.52. The average Bonchev–Trinajstić information content (AvgIpc) is 3.11. The van der Waals surface area contributed by atoms with Crippen molar-refractivity contribution in [2.24, 2.45) is 0 Å². The van der Waals surface area contributed by atoms with Crippen LogP contribution >= 0.6 is 11.6 Å². The lowest BCUT2D eigenvalue weighted by atomic mass is 10.2. The largest absolute Gasteiger partial charge is 0.351 e. The molecule has 0 bridgehead atoms. The van der Waals surface area contributed by atoms with E-state index in [9.17, 15) is 4.79 Å². The van der Waals surface area contributed by atoms with E-state index in [2.05, 4.69) is 10.6 Å². The third-order valence-electron chi connectivity index (χ3n) is 2.87. The summed E-state index contributed by atoms with van der Waals surface area (Å²) in [5, 5.41) is 6.84. The minimum atomic E-state index is -0.134. The van der Waals surface area contributed by atoms with E-state index in [4.69, 9.17) is 11.6 Å². The number of rotatable bonds is 5. The fourth-order valence-electron chi connectivity index (χ4n) is 1.66. The van der Waals surface area contributed by atoms with Gasteiger partial charge in [0.25, 0.3) is 0 Å². The summed E-state index contributed by atoms with van der Waals surface area (Å²) in [5.41, 5.74) is 0.945. The summed E-state index contributed by atoms with van der Waals surface area (Å²) in [5.74, 6) is 0.0248. The van der Waals surface area contributed by atoms with Crippen LogP contribution in [0.1, 0.15) is 25.3 Å². The Morgan fingerprint density at radius 1 is 1.47 bits per heavy atom. The first-order valence-corrected chi connectivity index (χ1v) is 6.32. The van der Waals surface area contributed by atoms with Gasteiger partial charge < -0.3 is 10.6 Å². The molecule has 2 N–H and O–H groups in total. The van der Waals surface area contributed by atoms with Crippen LogP contribution in [-0.2, 0) is 11.3 Å². The Balaban J connectivity index is 1.80. The lowest BCUT2D eigenvalue weighted by molar-refractivity contribution is -0.122. The van der Waals surface area contributed by atoms with Gasteiger partial charge in [0.1, 0.15) is 0 Å². The maximum atomic E-state index is 11.8. The Bertz CT molecular complexity index is 404. The maximum Gasteiger partial charge on any atom is 0.237 e. The van der Waals surface area contributed by atoms with Crippen LogP contribution in [0.2, 0.25) is 5.02 Å². The van der Waals surface area contributed by atoms with E-state index < -0.39 is 0 Å². The summed E-state index contributed by atoms with van der Waals surface area (Å²) < 4.78 is 0. The van der Waals surface area contributed by atoms with Crippen molar-refractivity contribution in [2.75, 3.05) is 0 Å². The Labute approximate surface area is 107 Å². The molecule has 0 spiro atoms. The van der Waals surface area contributed by atoms with Crippen LogP contribution in [0.25, 0.3) is 0 Å². The molecule has 0 radical (unpaired) electrons. The van der Waals surface area contributed by atoms with Gasteiger partial charge in [0, 0.05) is 17.6 Å². The highest BCUT2D eigenvalue weighted by Gasteiger charge is 2.25. The second-order valence-electron chi connectivity index (χ2n) is 4.47. The summed E-state index contributed by atoms with van der Waals surface area (Å²) in [6.45, 7) is 2.37. The summed E-state index contributed by atoms with van der Waals surface area (Å²) in [4.78, 5) is 11.8. The van der Waals surface area contributed by atoms with Crippen LogP contribution in [0.15, 0.2) is 24.3 Å². The highest BCUT2D eigenvalue weighted by Crippen LogP contribution is 2.19. The highest BCUT2D eigenvalue weighted by atomic mass is 35.5. The molecular formula is C13H17ClN2O. The molecule has 1 unspecified atom stereocenters. The molecule has 1 aliphatic rings. The quantitative estimate of drug-likeness (QED) is 0.843. The molecule has 92 valence electrons. The molecule has 4 heteroatoms. The third-order valence-corrected chi connectivity index (χ3v) is 3.24. The van der Waals surface area contributed by atoms with E-state index in [1.165, 1.54) is 12.8 Å². The monoisotopic (exact) mass is 252 g/mol. The van der Waals surface area contributed by atoms with E-state index >= 15 is 0 Å². The topological polar surface area (TPSA) is 41.1 Å². The standard InChI is InChI=1S/C13H17ClN2O/c1-9(16-11-6-7-11)13(17)15-8-10-4-2-3-5-12(10)14/h2-5,9,11,16H,6-8H2,1H3,(H,15,17). The summed E-state index contributed by atoms with van der Waals surface area (Å²) in [6.07, 6.45) is 2.37. The van der Waals surface area contributed by atoms with Gasteiger partial charge in [0.15, 0.2) is 0 Å². The van der Waals surface area contributed by atoms with Crippen LogP contribution in [0.3, 0.4) is 0 Å². The Hall–Kier alpha value is -1.06. The van der Waals surface area contributed by atoms with Crippen molar-refractivity contribution in [1.82, 2.24) is 10.6 Å². The fourth-order valence-corrected chi connectivity index (χ4v) is 1.86. The molecule has 2 rings (SSSR count). The van der Waals surface area contributed by atoms with E-state index in [-0.39, 0.29) is 11.9 Å². The minimum Gasteiger partial charge on any atom is -0.351 e. The van der Waals surface area contributed by atoms with Crippen molar-refractivity contribution in [3.8, 4) is 0 Å². The van der Waals surface area contributed by atoms with Crippen molar-refractivity contribution in [3.05, 3.63) is 34.9 Å². The zero-order chi connectivity index (χ0) is 12.3. The normalized spacial score (nSPS) is 16.6. The number of hydrogen-bond acceptors (Lipinski definition) is 2. The molecule has 1 atom stereocenters. The molecule has 1 saturated carbocycles. The van der Waals surface area contributed by atoms with E-state index in [0.717, 1.165) is 5.56 Å². The average molecular weight is 253 g/mol. The molecule has 1 aromatic rings. The number of benzene rings is 1. The predicted octanol–water partition coefficient (Wildman–Crippen LogP) is 2.10. The van der Waals surface area contributed by atoms with Crippen LogP contribution in [0.4, 0.5) is 0 Å². The Kier molecular flexibility index (Phi) is 4.02. The third kappa shape index (κ3) is 3.72. The molecule has 0 heterocycles. The van der Waals surface area contributed by atoms with Crippen molar-refractivity contribution in [3.63, 3.8) is 0 Å². The number of hydrogen-bond donors (Lipinski definition) is 2. The number of carbonyl (C=O) groups excluding carboxylic acids is 1. The van der Waals surface area contributed by atoms with Crippen molar-refractivity contribution in [1.29, 1.82) is 0 Å². The highest BCUT2D eigenvalue weighted by molar-refractivity contribution is 6.31. The molecule has 3 nitrogen and oxygen atoms in total. The summed E-state index contributed by atoms with van der Waals surface area (Å²) in [7, 11) is 0. The van der Waals surface area contributed by atoms with Gasteiger partial charge >= 0.3 is 0 Å². The Morgan fingerprint density at radius 2 is 2.18 bits per heavy atom. The van der Waals surface area contributed by atoms with Gasteiger partial charge in [0.05, 0.1) is 6.04 Å². The van der Waals surface area contributed by atoms with Crippen molar-refractivity contribution < 1.29 is 4.79 Å². The zero-order valence-corrected chi connectivity index (χ0v) is 10.6. The molecule has 1 amide bonds. The van der Waals surface area contributed by atoms with Crippen LogP contribution in [-0.4, -0.2) is 18.0 Å². The van der Waals surface area contributed by atoms with Crippen LogP contribution in [0, 0.1) is 0 Å². The zero-order valence-electron chi connectivity index (χ0n) is 9.87. The molecular weight excluding hydrogens is 236 g/mol. The van der Waals surface area contributed by atoms with Crippen molar-refractivity contribution >= 4 is 17.5 Å². The van der Waals surface area contributed by atoms with Gasteiger partial charge in [-0.3, -0.25) is 4.79 Å². The van der Waals surface area contributed by atoms with Gasteiger partial charge in [-0.2, -0.15) is 0 Å². The van der Waals surface area contributed by atoms with Gasteiger partial charge in [-0.1, -0.05) is 29.8 Å². The molecule has 0 aromatic heterocycles. The molecule has 1 fully saturated rings. The van der Waals surface area contributed by atoms with E-state index in [0.29, 0.717) is 17.6 Å². The van der Waals surface area contributed by atoms with E-state index in [1.807, 2.05) is 31.2 Å². The lowest BCUT2D eigenvalue weighted by Gasteiger charge is -2.13. The first-order valence-electron chi connectivity index (χ1n) is 5.94. The fraction of sp³-hybridized carbons (Fsp3) is 0.462. The van der Waals surface area contributed by atoms with E-state index in [1.54, 1.807) is 0 Å². The number of nitrogens with one attached hydrogen (secondary N) is 2. The van der Waals surface area contributed by atoms with Gasteiger partial charge in [-0.05, 0) is 31.4 Å². The number of amides is 1. The predicted molar refractivity (Wildman–Crippen MR) is 68.9 cm³/mol. The Morgan fingerprint density at radius 3 is 2.82 bits per heavy atom. The lowest BCUT2D eigenvalue weighted by Crippen LogP contribution is -2.42. The molecule has 17 heavy (non-hydrogen) atoms. The maximum absolute atomic E-state index is 11.8. The summed E-state index contributed by atoms with van der Waals surface area (Å²) >= 11 is 6.01.